The lowest BCUT2D eigenvalue weighted by Gasteiger charge is -2.20. The number of carboxylic acids is 1. The summed E-state index contributed by atoms with van der Waals surface area (Å²) in [5.74, 6) is -1.02. The summed E-state index contributed by atoms with van der Waals surface area (Å²) < 4.78 is 5.13. The van der Waals surface area contributed by atoms with Gasteiger partial charge in [0, 0.05) is 11.8 Å². The molecule has 5 nitrogen and oxygen atoms in total. The highest BCUT2D eigenvalue weighted by Gasteiger charge is 2.39. The van der Waals surface area contributed by atoms with Gasteiger partial charge in [-0.15, -0.1) is 0 Å². The summed E-state index contributed by atoms with van der Waals surface area (Å²) >= 11 is 4.23. The summed E-state index contributed by atoms with van der Waals surface area (Å²) in [5, 5.41) is 8.93. The number of carboxylic acid groups (broad SMARTS) is 1. The summed E-state index contributed by atoms with van der Waals surface area (Å²) in [6, 6.07) is 8.41. The van der Waals surface area contributed by atoms with Gasteiger partial charge in [0.25, 0.3) is 0 Å². The van der Waals surface area contributed by atoms with Gasteiger partial charge >= 0.3 is 12.1 Å². The van der Waals surface area contributed by atoms with Crippen LogP contribution in [0.2, 0.25) is 0 Å². The Kier molecular flexibility index (Phi) is 4.31. The number of carbonyl (C=O) groups excluding carboxylic acids is 1. The third-order valence-corrected chi connectivity index (χ3v) is 3.38. The second-order valence-electron chi connectivity index (χ2n) is 4.44. The zero-order chi connectivity index (χ0) is 13.8. The van der Waals surface area contributed by atoms with E-state index in [-0.39, 0.29) is 11.9 Å². The number of hydrogen-bond acceptors (Lipinski definition) is 4. The molecule has 0 bridgehead atoms. The van der Waals surface area contributed by atoms with Crippen molar-refractivity contribution >= 4 is 24.7 Å². The van der Waals surface area contributed by atoms with Crippen LogP contribution < -0.4 is 0 Å². The van der Waals surface area contributed by atoms with Crippen LogP contribution in [0, 0.1) is 0 Å². The Morgan fingerprint density at radius 1 is 1.37 bits per heavy atom. The fourth-order valence-corrected chi connectivity index (χ4v) is 2.43. The van der Waals surface area contributed by atoms with E-state index in [1.54, 1.807) is 0 Å². The first-order chi connectivity index (χ1) is 9.08. The molecule has 1 aromatic rings. The van der Waals surface area contributed by atoms with Crippen LogP contribution in [0.15, 0.2) is 30.3 Å². The van der Waals surface area contributed by atoms with E-state index >= 15 is 0 Å². The minimum atomic E-state index is -1.02. The zero-order valence-corrected chi connectivity index (χ0v) is 11.1. The average molecular weight is 281 g/mol. The molecule has 0 aromatic heterocycles. The van der Waals surface area contributed by atoms with Crippen molar-refractivity contribution in [2.45, 2.75) is 24.3 Å². The van der Waals surface area contributed by atoms with Gasteiger partial charge in [0.2, 0.25) is 0 Å². The predicted octanol–water partition coefficient (Wildman–Crippen LogP) is 1.78. The number of aliphatic carboxylic acids is 1. The van der Waals surface area contributed by atoms with Crippen molar-refractivity contribution in [3.8, 4) is 0 Å². The zero-order valence-electron chi connectivity index (χ0n) is 10.2. The van der Waals surface area contributed by atoms with Gasteiger partial charge in [-0.3, -0.25) is 4.90 Å². The molecule has 0 unspecified atom stereocenters. The summed E-state index contributed by atoms with van der Waals surface area (Å²) in [4.78, 5) is 24.2. The van der Waals surface area contributed by atoms with Crippen molar-refractivity contribution in [1.82, 2.24) is 4.90 Å². The van der Waals surface area contributed by atoms with Gasteiger partial charge in [0.1, 0.15) is 12.6 Å². The number of likely N-dealkylation sites (tertiary alicyclic amines) is 1. The SMILES string of the molecule is O=C(O)[C@@H]1C[C@@H](S)CN1C(=O)OCc1ccccc1. The van der Waals surface area contributed by atoms with Crippen LogP contribution in [0.25, 0.3) is 0 Å². The van der Waals surface area contributed by atoms with Crippen molar-refractivity contribution in [2.75, 3.05) is 6.54 Å². The lowest BCUT2D eigenvalue weighted by atomic mass is 10.2. The molecule has 1 N–H and O–H groups in total. The van der Waals surface area contributed by atoms with Crippen molar-refractivity contribution in [1.29, 1.82) is 0 Å². The van der Waals surface area contributed by atoms with E-state index in [0.717, 1.165) is 5.56 Å². The van der Waals surface area contributed by atoms with Gasteiger partial charge in [-0.1, -0.05) is 30.3 Å². The second kappa shape index (κ2) is 5.97. The van der Waals surface area contributed by atoms with E-state index < -0.39 is 18.1 Å². The molecule has 1 saturated heterocycles. The predicted molar refractivity (Wildman–Crippen MR) is 72.1 cm³/mol. The molecule has 0 spiro atoms. The summed E-state index contributed by atoms with van der Waals surface area (Å²) in [5.41, 5.74) is 0.865. The lowest BCUT2D eigenvalue weighted by molar-refractivity contribution is -0.141. The largest absolute Gasteiger partial charge is 0.480 e. The number of ether oxygens (including phenoxy) is 1. The number of nitrogens with zero attached hydrogens (tertiary/aromatic N) is 1. The Labute approximate surface area is 116 Å². The van der Waals surface area contributed by atoms with E-state index in [2.05, 4.69) is 12.6 Å². The molecule has 0 radical (unpaired) electrons. The molecule has 1 aliphatic heterocycles. The van der Waals surface area contributed by atoms with Crippen LogP contribution in [-0.4, -0.2) is 39.9 Å². The quantitative estimate of drug-likeness (QED) is 0.829. The molecule has 2 rings (SSSR count). The van der Waals surface area contributed by atoms with Crippen molar-refractivity contribution in [3.05, 3.63) is 35.9 Å². The molecule has 1 aromatic carbocycles. The maximum absolute atomic E-state index is 11.9. The Balaban J connectivity index is 1.94. The van der Waals surface area contributed by atoms with Crippen LogP contribution in [0.4, 0.5) is 4.79 Å². The molecular formula is C13H15NO4S. The highest BCUT2D eigenvalue weighted by Crippen LogP contribution is 2.23. The first kappa shape index (κ1) is 13.7. The minimum Gasteiger partial charge on any atom is -0.480 e. The molecular weight excluding hydrogens is 266 g/mol. The normalized spacial score (nSPS) is 22.3. The molecule has 19 heavy (non-hydrogen) atoms. The monoisotopic (exact) mass is 281 g/mol. The van der Waals surface area contributed by atoms with Gasteiger partial charge in [0.15, 0.2) is 0 Å². The first-order valence-corrected chi connectivity index (χ1v) is 6.47. The standard InChI is InChI=1S/C13H15NO4S/c15-12(16)11-6-10(19)7-14(11)13(17)18-8-9-4-2-1-3-5-9/h1-5,10-11,19H,6-8H2,(H,15,16)/t10-,11+/m1/s1. The number of rotatable bonds is 3. The molecule has 1 fully saturated rings. The number of hydrogen-bond donors (Lipinski definition) is 2. The van der Waals surface area contributed by atoms with Crippen LogP contribution in [-0.2, 0) is 16.1 Å². The van der Waals surface area contributed by atoms with Crippen LogP contribution in [0.1, 0.15) is 12.0 Å². The number of benzene rings is 1. The summed E-state index contributed by atoms with van der Waals surface area (Å²) in [6.07, 6.45) is -0.258. The van der Waals surface area contributed by atoms with Gasteiger partial charge in [-0.25, -0.2) is 9.59 Å². The summed E-state index contributed by atoms with van der Waals surface area (Å²) in [6.45, 7) is 0.438. The lowest BCUT2D eigenvalue weighted by Crippen LogP contribution is -2.40. The molecule has 0 saturated carbocycles. The minimum absolute atomic E-state index is 0.120. The maximum Gasteiger partial charge on any atom is 0.410 e. The number of thiol groups is 1. The molecule has 0 aliphatic carbocycles. The van der Waals surface area contributed by atoms with Crippen molar-refractivity contribution < 1.29 is 19.4 Å². The first-order valence-electron chi connectivity index (χ1n) is 5.96. The highest BCUT2D eigenvalue weighted by molar-refractivity contribution is 7.81. The fraction of sp³-hybridized carbons (Fsp3) is 0.385. The molecule has 2 atom stereocenters. The van der Waals surface area contributed by atoms with E-state index in [1.165, 1.54) is 4.90 Å². The fourth-order valence-electron chi connectivity index (χ4n) is 2.05. The van der Waals surface area contributed by atoms with E-state index in [0.29, 0.717) is 13.0 Å². The van der Waals surface area contributed by atoms with Crippen LogP contribution in [0.5, 0.6) is 0 Å². The van der Waals surface area contributed by atoms with Crippen molar-refractivity contribution in [2.24, 2.45) is 0 Å². The third-order valence-electron chi connectivity index (χ3n) is 3.00. The van der Waals surface area contributed by atoms with Gasteiger partial charge in [-0.05, 0) is 12.0 Å². The Morgan fingerprint density at radius 2 is 2.05 bits per heavy atom. The van der Waals surface area contributed by atoms with Gasteiger partial charge < -0.3 is 9.84 Å². The average Bonchev–Trinajstić information content (AvgIpc) is 2.79. The Morgan fingerprint density at radius 3 is 2.68 bits per heavy atom. The van der Waals surface area contributed by atoms with E-state index in [9.17, 15) is 9.59 Å². The Bertz CT molecular complexity index is 465. The molecule has 1 heterocycles. The molecule has 1 aliphatic rings. The van der Waals surface area contributed by atoms with Crippen molar-refractivity contribution in [3.63, 3.8) is 0 Å². The maximum atomic E-state index is 11.9. The highest BCUT2D eigenvalue weighted by atomic mass is 32.1. The van der Waals surface area contributed by atoms with E-state index in [1.807, 2.05) is 30.3 Å². The number of amides is 1. The number of carbonyl (C=O) groups is 2. The van der Waals surface area contributed by atoms with Gasteiger partial charge in [-0.2, -0.15) is 12.6 Å². The summed E-state index contributed by atoms with van der Waals surface area (Å²) in [7, 11) is 0. The smallest absolute Gasteiger partial charge is 0.410 e. The third kappa shape index (κ3) is 3.41. The second-order valence-corrected chi connectivity index (χ2v) is 5.17. The van der Waals surface area contributed by atoms with Gasteiger partial charge in [0.05, 0.1) is 0 Å². The molecule has 6 heteroatoms. The molecule has 1 amide bonds. The van der Waals surface area contributed by atoms with Crippen LogP contribution >= 0.6 is 12.6 Å². The van der Waals surface area contributed by atoms with Crippen LogP contribution in [0.3, 0.4) is 0 Å². The Hall–Kier alpha value is -1.69. The molecule has 102 valence electrons. The topological polar surface area (TPSA) is 66.8 Å². The van der Waals surface area contributed by atoms with E-state index in [4.69, 9.17) is 9.84 Å².